The highest BCUT2D eigenvalue weighted by Crippen LogP contribution is 2.10. The lowest BCUT2D eigenvalue weighted by Crippen LogP contribution is -2.58. The van der Waals surface area contributed by atoms with Crippen molar-refractivity contribution >= 4 is 14.0 Å². The maximum atomic E-state index is 8.91. The Labute approximate surface area is 113 Å². The van der Waals surface area contributed by atoms with E-state index in [1.54, 1.807) is 12.1 Å². The van der Waals surface area contributed by atoms with Gasteiger partial charge in [-0.2, -0.15) is 0 Å². The second kappa shape index (κ2) is 9.16. The molecule has 0 bridgehead atoms. The maximum Gasteiger partial charge on any atom is 0.537 e. The number of aliphatic hydroxyl groups excluding tert-OH is 3. The third-order valence-electron chi connectivity index (χ3n) is 2.28. The first kappa shape index (κ1) is 16.3. The molecule has 1 aromatic rings. The van der Waals surface area contributed by atoms with Crippen LogP contribution in [0.25, 0.3) is 0 Å². The summed E-state index contributed by atoms with van der Waals surface area (Å²) in [7, 11) is -3.21. The number of aliphatic hydroxyl groups is 3. The molecule has 0 saturated carbocycles. The smallest absolute Gasteiger partial charge is 0.394 e. The van der Waals surface area contributed by atoms with Gasteiger partial charge >= 0.3 is 8.80 Å². The van der Waals surface area contributed by atoms with Crippen molar-refractivity contribution in [2.45, 2.75) is 0 Å². The van der Waals surface area contributed by atoms with Gasteiger partial charge in [-0.25, -0.2) is 0 Å². The molecule has 0 amide bonds. The molecular weight excluding hydrogens is 268 g/mol. The fourth-order valence-corrected chi connectivity index (χ4v) is 3.99. The molecule has 0 aliphatic rings. The summed E-state index contributed by atoms with van der Waals surface area (Å²) in [4.78, 5) is 0. The van der Waals surface area contributed by atoms with Gasteiger partial charge in [0.1, 0.15) is 0 Å². The zero-order valence-corrected chi connectivity index (χ0v) is 11.7. The Bertz CT molecular complexity index is 312. The van der Waals surface area contributed by atoms with Crippen LogP contribution in [0.4, 0.5) is 0 Å². The zero-order chi connectivity index (χ0) is 14.0. The van der Waals surface area contributed by atoms with Crippen LogP contribution in [0.5, 0.6) is 0 Å². The fourth-order valence-electron chi connectivity index (χ4n) is 1.56. The summed E-state index contributed by atoms with van der Waals surface area (Å²) in [5, 5.41) is 27.5. The number of benzene rings is 1. The summed E-state index contributed by atoms with van der Waals surface area (Å²) in [5.74, 6) is 0. The molecule has 0 fully saturated rings. The molecule has 6 nitrogen and oxygen atoms in total. The first-order valence-electron chi connectivity index (χ1n) is 6.09. The Morgan fingerprint density at radius 1 is 0.737 bits per heavy atom. The van der Waals surface area contributed by atoms with Crippen molar-refractivity contribution in [1.82, 2.24) is 0 Å². The van der Waals surface area contributed by atoms with Gasteiger partial charge in [0.25, 0.3) is 0 Å². The molecule has 3 N–H and O–H groups in total. The van der Waals surface area contributed by atoms with E-state index in [0.29, 0.717) is 0 Å². The van der Waals surface area contributed by atoms with E-state index in [1.165, 1.54) is 0 Å². The quantitative estimate of drug-likeness (QED) is 0.472. The van der Waals surface area contributed by atoms with Gasteiger partial charge in [0, 0.05) is 5.19 Å². The molecule has 0 heterocycles. The van der Waals surface area contributed by atoms with Crippen molar-refractivity contribution in [3.05, 3.63) is 30.3 Å². The average molecular weight is 288 g/mol. The minimum absolute atomic E-state index is 0.0674. The van der Waals surface area contributed by atoms with E-state index in [9.17, 15) is 0 Å². The SMILES string of the molecule is OCCO[Si](OCCO)(OCCO)c1ccccc1. The van der Waals surface area contributed by atoms with Crippen molar-refractivity contribution in [3.63, 3.8) is 0 Å². The highest BCUT2D eigenvalue weighted by atomic mass is 28.4. The molecule has 1 aromatic carbocycles. The second-order valence-corrected chi connectivity index (χ2v) is 6.19. The van der Waals surface area contributed by atoms with E-state index in [4.69, 9.17) is 28.6 Å². The van der Waals surface area contributed by atoms with E-state index in [-0.39, 0.29) is 39.6 Å². The largest absolute Gasteiger partial charge is 0.537 e. The summed E-state index contributed by atoms with van der Waals surface area (Å²) in [5.41, 5.74) is 0. The zero-order valence-electron chi connectivity index (χ0n) is 10.7. The molecule has 7 heteroatoms. The molecule has 0 aliphatic carbocycles. The van der Waals surface area contributed by atoms with Crippen LogP contribution in [0, 0.1) is 0 Å². The molecular formula is C12H20O6Si. The lowest BCUT2D eigenvalue weighted by Gasteiger charge is -2.29. The maximum absolute atomic E-state index is 8.91. The third kappa shape index (κ3) is 5.00. The normalized spacial score (nSPS) is 11.7. The molecule has 0 unspecified atom stereocenters. The summed E-state index contributed by atoms with van der Waals surface area (Å²) in [6, 6.07) is 9.11. The molecule has 0 atom stereocenters. The van der Waals surface area contributed by atoms with Crippen LogP contribution in [0.1, 0.15) is 0 Å². The third-order valence-corrected chi connectivity index (χ3v) is 5.07. The van der Waals surface area contributed by atoms with Gasteiger partial charge in [-0.1, -0.05) is 30.3 Å². The van der Waals surface area contributed by atoms with E-state index < -0.39 is 8.80 Å². The first-order valence-corrected chi connectivity index (χ1v) is 7.81. The highest BCUT2D eigenvalue weighted by Gasteiger charge is 2.43. The summed E-state index contributed by atoms with van der Waals surface area (Å²) in [6.45, 7) is -0.278. The summed E-state index contributed by atoms with van der Waals surface area (Å²) in [6.07, 6.45) is 0. The standard InChI is InChI=1S/C12H20O6Si/c13-6-9-16-19(17-10-7-14,18-11-8-15)12-4-2-1-3-5-12/h1-5,13-15H,6-11H2. The topological polar surface area (TPSA) is 88.4 Å². The Kier molecular flexibility index (Phi) is 7.83. The molecule has 0 saturated heterocycles. The minimum Gasteiger partial charge on any atom is -0.394 e. The monoisotopic (exact) mass is 288 g/mol. The van der Waals surface area contributed by atoms with Gasteiger partial charge in [0.15, 0.2) is 0 Å². The van der Waals surface area contributed by atoms with Crippen LogP contribution in [-0.4, -0.2) is 63.8 Å². The highest BCUT2D eigenvalue weighted by molar-refractivity contribution is 6.75. The van der Waals surface area contributed by atoms with Crippen molar-refractivity contribution in [2.75, 3.05) is 39.6 Å². The van der Waals surface area contributed by atoms with Crippen LogP contribution in [0.15, 0.2) is 30.3 Å². The Morgan fingerprint density at radius 2 is 1.16 bits per heavy atom. The lowest BCUT2D eigenvalue weighted by atomic mass is 10.4. The van der Waals surface area contributed by atoms with E-state index in [0.717, 1.165) is 5.19 Å². The van der Waals surface area contributed by atoms with Gasteiger partial charge in [-0.15, -0.1) is 0 Å². The first-order chi connectivity index (χ1) is 9.29. The number of rotatable bonds is 10. The predicted octanol–water partition coefficient (Wildman–Crippen LogP) is -1.14. The van der Waals surface area contributed by atoms with Crippen LogP contribution in [0.2, 0.25) is 0 Å². The van der Waals surface area contributed by atoms with Crippen molar-refractivity contribution < 1.29 is 28.6 Å². The van der Waals surface area contributed by atoms with Crippen molar-refractivity contribution in [2.24, 2.45) is 0 Å². The van der Waals surface area contributed by atoms with Crippen LogP contribution < -0.4 is 5.19 Å². The molecule has 1 rings (SSSR count). The molecule has 108 valence electrons. The molecule has 0 spiro atoms. The molecule has 0 aliphatic heterocycles. The minimum atomic E-state index is -3.21. The van der Waals surface area contributed by atoms with Gasteiger partial charge in [-0.05, 0) is 0 Å². The number of hydrogen-bond acceptors (Lipinski definition) is 6. The molecule has 0 aromatic heterocycles. The van der Waals surface area contributed by atoms with Gasteiger partial charge < -0.3 is 28.6 Å². The summed E-state index contributed by atoms with van der Waals surface area (Å²) >= 11 is 0. The second-order valence-electron chi connectivity index (χ2n) is 3.64. The van der Waals surface area contributed by atoms with Gasteiger partial charge in [0.05, 0.1) is 39.6 Å². The van der Waals surface area contributed by atoms with Crippen LogP contribution in [-0.2, 0) is 13.3 Å². The lowest BCUT2D eigenvalue weighted by molar-refractivity contribution is 0.0391. The van der Waals surface area contributed by atoms with Crippen molar-refractivity contribution in [1.29, 1.82) is 0 Å². The Hall–Kier alpha value is -0.803. The molecule has 0 radical (unpaired) electrons. The fraction of sp³-hybridized carbons (Fsp3) is 0.500. The van der Waals surface area contributed by atoms with E-state index in [1.807, 2.05) is 18.2 Å². The average Bonchev–Trinajstić information content (AvgIpc) is 2.48. The Morgan fingerprint density at radius 3 is 1.53 bits per heavy atom. The summed E-state index contributed by atoms with van der Waals surface area (Å²) < 4.78 is 16.8. The van der Waals surface area contributed by atoms with Crippen molar-refractivity contribution in [3.8, 4) is 0 Å². The van der Waals surface area contributed by atoms with E-state index in [2.05, 4.69) is 0 Å². The van der Waals surface area contributed by atoms with E-state index >= 15 is 0 Å². The van der Waals surface area contributed by atoms with Crippen LogP contribution in [0.3, 0.4) is 0 Å². The van der Waals surface area contributed by atoms with Gasteiger partial charge in [0.2, 0.25) is 0 Å². The van der Waals surface area contributed by atoms with Gasteiger partial charge in [-0.3, -0.25) is 0 Å². The molecule has 19 heavy (non-hydrogen) atoms. The Balaban J connectivity index is 2.94. The van der Waals surface area contributed by atoms with Crippen LogP contribution >= 0.6 is 0 Å². The predicted molar refractivity (Wildman–Crippen MR) is 70.9 cm³/mol. The number of hydrogen-bond donors (Lipinski definition) is 3.